The van der Waals surface area contributed by atoms with Gasteiger partial charge in [-0.3, -0.25) is 4.79 Å². The molecular weight excluding hydrogens is 415 g/mol. The molecule has 1 unspecified atom stereocenters. The average molecular weight is 433 g/mol. The SMILES string of the molecule is COc1ccc(C(=O)N2CCC(Oc3ccc(-c4noc(C(F)(F)F)n4)cc3)C2)cc1. The van der Waals surface area contributed by atoms with Gasteiger partial charge in [-0.2, -0.15) is 18.2 Å². The molecule has 0 saturated carbocycles. The van der Waals surface area contributed by atoms with Gasteiger partial charge in [-0.15, -0.1) is 0 Å². The van der Waals surface area contributed by atoms with Crippen LogP contribution in [0.1, 0.15) is 22.7 Å². The van der Waals surface area contributed by atoms with Crippen LogP contribution in [0.3, 0.4) is 0 Å². The number of ether oxygens (including phenoxy) is 2. The van der Waals surface area contributed by atoms with Crippen LogP contribution >= 0.6 is 0 Å². The largest absolute Gasteiger partial charge is 0.497 e. The Morgan fingerprint density at radius 2 is 1.77 bits per heavy atom. The summed E-state index contributed by atoms with van der Waals surface area (Å²) in [6, 6.07) is 13.2. The highest BCUT2D eigenvalue weighted by Gasteiger charge is 2.38. The van der Waals surface area contributed by atoms with Crippen molar-refractivity contribution in [3.05, 3.63) is 60.0 Å². The molecule has 0 aliphatic carbocycles. The minimum atomic E-state index is -4.69. The van der Waals surface area contributed by atoms with Crippen molar-refractivity contribution in [2.75, 3.05) is 20.2 Å². The molecule has 0 radical (unpaired) electrons. The Morgan fingerprint density at radius 1 is 1.10 bits per heavy atom. The van der Waals surface area contributed by atoms with Crippen LogP contribution in [0.5, 0.6) is 11.5 Å². The number of alkyl halides is 3. The number of carbonyl (C=O) groups is 1. The fourth-order valence-corrected chi connectivity index (χ4v) is 3.26. The van der Waals surface area contributed by atoms with Crippen LogP contribution in [-0.4, -0.2) is 47.3 Å². The molecule has 162 valence electrons. The molecule has 1 aliphatic rings. The van der Waals surface area contributed by atoms with Crippen molar-refractivity contribution < 1.29 is 32.0 Å². The molecule has 1 aromatic heterocycles. The highest BCUT2D eigenvalue weighted by molar-refractivity contribution is 5.94. The van der Waals surface area contributed by atoms with Gasteiger partial charge in [0.05, 0.1) is 13.7 Å². The molecule has 4 rings (SSSR count). The number of hydrogen-bond donors (Lipinski definition) is 0. The number of likely N-dealkylation sites (tertiary alicyclic amines) is 1. The minimum absolute atomic E-state index is 0.0818. The van der Waals surface area contributed by atoms with Crippen LogP contribution in [0, 0.1) is 0 Å². The van der Waals surface area contributed by atoms with E-state index in [9.17, 15) is 18.0 Å². The fraction of sp³-hybridized carbons (Fsp3) is 0.286. The summed E-state index contributed by atoms with van der Waals surface area (Å²) < 4.78 is 53.0. The summed E-state index contributed by atoms with van der Waals surface area (Å²) in [5, 5.41) is 3.36. The predicted octanol–water partition coefficient (Wildman–Crippen LogP) is 4.06. The molecule has 0 bridgehead atoms. The van der Waals surface area contributed by atoms with Gasteiger partial charge in [-0.1, -0.05) is 5.16 Å². The number of rotatable bonds is 5. The zero-order chi connectivity index (χ0) is 22.0. The lowest BCUT2D eigenvalue weighted by molar-refractivity contribution is -0.159. The summed E-state index contributed by atoms with van der Waals surface area (Å²) in [7, 11) is 1.56. The van der Waals surface area contributed by atoms with Gasteiger partial charge in [-0.25, -0.2) is 0 Å². The van der Waals surface area contributed by atoms with Crippen LogP contribution in [0.25, 0.3) is 11.4 Å². The zero-order valence-corrected chi connectivity index (χ0v) is 16.4. The summed E-state index contributed by atoms with van der Waals surface area (Å²) in [6.45, 7) is 1.00. The van der Waals surface area contributed by atoms with Crippen LogP contribution in [0.15, 0.2) is 53.1 Å². The van der Waals surface area contributed by atoms with Gasteiger partial charge in [0, 0.05) is 24.1 Å². The minimum Gasteiger partial charge on any atom is -0.497 e. The second kappa shape index (κ2) is 8.29. The van der Waals surface area contributed by atoms with E-state index in [1.54, 1.807) is 60.5 Å². The molecule has 1 fully saturated rings. The molecular formula is C21H18F3N3O4. The number of halogens is 3. The van der Waals surface area contributed by atoms with Crippen molar-refractivity contribution in [2.45, 2.75) is 18.7 Å². The lowest BCUT2D eigenvalue weighted by atomic mass is 10.2. The van der Waals surface area contributed by atoms with E-state index in [0.717, 1.165) is 0 Å². The topological polar surface area (TPSA) is 77.7 Å². The standard InChI is InChI=1S/C21H18F3N3O4/c1-29-15-6-4-14(5-7-15)19(28)27-11-10-17(12-27)30-16-8-2-13(3-9-16)18-25-20(31-26-18)21(22,23)24/h2-9,17H,10-12H2,1H3. The summed E-state index contributed by atoms with van der Waals surface area (Å²) in [6.07, 6.45) is -4.20. The second-order valence-electron chi connectivity index (χ2n) is 6.95. The van der Waals surface area contributed by atoms with E-state index in [0.29, 0.717) is 42.1 Å². The summed E-state index contributed by atoms with van der Waals surface area (Å²) in [5.41, 5.74) is 0.943. The van der Waals surface area contributed by atoms with Crippen LogP contribution in [-0.2, 0) is 6.18 Å². The molecule has 2 aromatic carbocycles. The number of amides is 1. The van der Waals surface area contributed by atoms with E-state index in [-0.39, 0.29) is 17.8 Å². The first kappa shape index (κ1) is 20.7. The molecule has 3 aromatic rings. The molecule has 0 N–H and O–H groups in total. The Hall–Kier alpha value is -3.56. The van der Waals surface area contributed by atoms with E-state index < -0.39 is 12.1 Å². The number of aromatic nitrogens is 2. The van der Waals surface area contributed by atoms with Crippen molar-refractivity contribution >= 4 is 5.91 Å². The first-order chi connectivity index (χ1) is 14.8. The lowest BCUT2D eigenvalue weighted by Crippen LogP contribution is -2.30. The maximum Gasteiger partial charge on any atom is 0.471 e. The van der Waals surface area contributed by atoms with E-state index in [1.165, 1.54) is 0 Å². The van der Waals surface area contributed by atoms with E-state index >= 15 is 0 Å². The third-order valence-corrected chi connectivity index (χ3v) is 4.85. The normalized spacial score (nSPS) is 16.4. The predicted molar refractivity (Wildman–Crippen MR) is 103 cm³/mol. The van der Waals surface area contributed by atoms with Gasteiger partial charge in [-0.05, 0) is 48.5 Å². The van der Waals surface area contributed by atoms with Crippen LogP contribution in [0.4, 0.5) is 13.2 Å². The van der Waals surface area contributed by atoms with Crippen molar-refractivity contribution in [3.8, 4) is 22.9 Å². The molecule has 0 spiro atoms. The molecule has 10 heteroatoms. The van der Waals surface area contributed by atoms with Gasteiger partial charge in [0.1, 0.15) is 17.6 Å². The molecule has 7 nitrogen and oxygen atoms in total. The monoisotopic (exact) mass is 433 g/mol. The van der Waals surface area contributed by atoms with Crippen LogP contribution in [0.2, 0.25) is 0 Å². The first-order valence-electron chi connectivity index (χ1n) is 9.45. The van der Waals surface area contributed by atoms with Crippen molar-refractivity contribution in [1.82, 2.24) is 15.0 Å². The number of benzene rings is 2. The Kier molecular flexibility index (Phi) is 5.53. The molecule has 31 heavy (non-hydrogen) atoms. The van der Waals surface area contributed by atoms with Crippen molar-refractivity contribution in [2.24, 2.45) is 0 Å². The molecule has 1 atom stereocenters. The Labute approximate surface area is 175 Å². The van der Waals surface area contributed by atoms with E-state index in [1.807, 2.05) is 0 Å². The molecule has 1 aliphatic heterocycles. The number of carbonyl (C=O) groups excluding carboxylic acids is 1. The Morgan fingerprint density at radius 3 is 2.39 bits per heavy atom. The maximum atomic E-state index is 12.6. The number of methoxy groups -OCH3 is 1. The van der Waals surface area contributed by atoms with Gasteiger partial charge >= 0.3 is 12.1 Å². The average Bonchev–Trinajstić information content (AvgIpc) is 3.44. The summed E-state index contributed by atoms with van der Waals surface area (Å²) in [5.74, 6) is -0.418. The van der Waals surface area contributed by atoms with Gasteiger partial charge in [0.2, 0.25) is 5.82 Å². The summed E-state index contributed by atoms with van der Waals surface area (Å²) >= 11 is 0. The maximum absolute atomic E-state index is 12.6. The third kappa shape index (κ3) is 4.62. The molecule has 1 amide bonds. The Bertz CT molecular complexity index is 1050. The zero-order valence-electron chi connectivity index (χ0n) is 16.4. The highest BCUT2D eigenvalue weighted by atomic mass is 19.4. The lowest BCUT2D eigenvalue weighted by Gasteiger charge is -2.17. The van der Waals surface area contributed by atoms with Gasteiger partial charge in [0.25, 0.3) is 5.91 Å². The smallest absolute Gasteiger partial charge is 0.471 e. The fourth-order valence-electron chi connectivity index (χ4n) is 3.26. The summed E-state index contributed by atoms with van der Waals surface area (Å²) in [4.78, 5) is 17.7. The first-order valence-corrected chi connectivity index (χ1v) is 9.45. The second-order valence-corrected chi connectivity index (χ2v) is 6.95. The van der Waals surface area contributed by atoms with Gasteiger partial charge in [0.15, 0.2) is 0 Å². The molecule has 1 saturated heterocycles. The van der Waals surface area contributed by atoms with Gasteiger partial charge < -0.3 is 18.9 Å². The molecule has 2 heterocycles. The van der Waals surface area contributed by atoms with Crippen LogP contribution < -0.4 is 9.47 Å². The number of hydrogen-bond acceptors (Lipinski definition) is 6. The van der Waals surface area contributed by atoms with Crippen molar-refractivity contribution in [1.29, 1.82) is 0 Å². The quantitative estimate of drug-likeness (QED) is 0.604. The third-order valence-electron chi connectivity index (χ3n) is 4.85. The highest BCUT2D eigenvalue weighted by Crippen LogP contribution is 2.30. The van der Waals surface area contributed by atoms with Crippen molar-refractivity contribution in [3.63, 3.8) is 0 Å². The Balaban J connectivity index is 1.35. The van der Waals surface area contributed by atoms with E-state index in [2.05, 4.69) is 14.7 Å². The number of nitrogens with zero attached hydrogens (tertiary/aromatic N) is 3. The van der Waals surface area contributed by atoms with E-state index in [4.69, 9.17) is 9.47 Å².